The van der Waals surface area contributed by atoms with Crippen LogP contribution in [0.15, 0.2) is 35.4 Å². The van der Waals surface area contributed by atoms with E-state index >= 15 is 0 Å². The predicted molar refractivity (Wildman–Crippen MR) is 65.1 cm³/mol. The quantitative estimate of drug-likeness (QED) is 0.592. The Balaban J connectivity index is 2.84. The van der Waals surface area contributed by atoms with Gasteiger partial charge in [-0.05, 0) is 38.8 Å². The molecular formula is C14H17FO2. The number of rotatable bonds is 4. The van der Waals surface area contributed by atoms with Crippen LogP contribution in [0, 0.1) is 5.82 Å². The average Bonchev–Trinajstić information content (AvgIpc) is 2.31. The van der Waals surface area contributed by atoms with Crippen LogP contribution >= 0.6 is 0 Å². The topological polar surface area (TPSA) is 26.3 Å². The molecule has 17 heavy (non-hydrogen) atoms. The van der Waals surface area contributed by atoms with E-state index in [-0.39, 0.29) is 11.8 Å². The molecule has 0 bridgehead atoms. The van der Waals surface area contributed by atoms with Crippen LogP contribution < -0.4 is 0 Å². The molecule has 0 aliphatic rings. The van der Waals surface area contributed by atoms with E-state index in [4.69, 9.17) is 4.74 Å². The fourth-order valence-electron chi connectivity index (χ4n) is 1.47. The molecule has 0 heterocycles. The van der Waals surface area contributed by atoms with Gasteiger partial charge in [-0.15, -0.1) is 0 Å². The van der Waals surface area contributed by atoms with E-state index in [9.17, 15) is 9.18 Å². The summed E-state index contributed by atoms with van der Waals surface area (Å²) in [5.41, 5.74) is 1.97. The minimum absolute atomic E-state index is 0.247. The fourth-order valence-corrected chi connectivity index (χ4v) is 1.47. The summed E-state index contributed by atoms with van der Waals surface area (Å²) >= 11 is 0. The third kappa shape index (κ3) is 3.70. The van der Waals surface area contributed by atoms with E-state index in [1.807, 2.05) is 6.92 Å². The summed E-state index contributed by atoms with van der Waals surface area (Å²) < 4.78 is 18.3. The van der Waals surface area contributed by atoms with Gasteiger partial charge in [0.15, 0.2) is 0 Å². The number of ether oxygens (including phenoxy) is 1. The minimum Gasteiger partial charge on any atom is -0.463 e. The van der Waals surface area contributed by atoms with Crippen LogP contribution in [0.3, 0.4) is 0 Å². The molecule has 0 atom stereocenters. The highest BCUT2D eigenvalue weighted by Gasteiger charge is 2.10. The number of hydrogen-bond donors (Lipinski definition) is 0. The van der Waals surface area contributed by atoms with E-state index in [0.717, 1.165) is 5.57 Å². The van der Waals surface area contributed by atoms with Crippen LogP contribution in [0.25, 0.3) is 0 Å². The van der Waals surface area contributed by atoms with Crippen LogP contribution in [0.5, 0.6) is 0 Å². The normalized spacial score (nSPS) is 12.0. The Morgan fingerprint density at radius 1 is 1.29 bits per heavy atom. The first-order chi connectivity index (χ1) is 8.06. The standard InChI is InChI=1S/C14H17FO2/c1-4-17-14(16)11(3)10(2)9-12-7-5-6-8-13(12)15/h5-8H,4,9H2,1-3H3/b11-10-. The van der Waals surface area contributed by atoms with Crippen LogP contribution in [0.2, 0.25) is 0 Å². The van der Waals surface area contributed by atoms with Crippen molar-refractivity contribution in [3.63, 3.8) is 0 Å². The largest absolute Gasteiger partial charge is 0.463 e. The molecule has 0 spiro atoms. The number of halogens is 1. The van der Waals surface area contributed by atoms with Gasteiger partial charge in [0.1, 0.15) is 5.82 Å². The van der Waals surface area contributed by atoms with E-state index in [0.29, 0.717) is 24.2 Å². The Bertz CT molecular complexity index is 436. The van der Waals surface area contributed by atoms with Gasteiger partial charge >= 0.3 is 5.97 Å². The molecule has 92 valence electrons. The first-order valence-corrected chi connectivity index (χ1v) is 5.63. The van der Waals surface area contributed by atoms with Gasteiger partial charge in [0.25, 0.3) is 0 Å². The minimum atomic E-state index is -0.332. The van der Waals surface area contributed by atoms with Gasteiger partial charge in [-0.2, -0.15) is 0 Å². The van der Waals surface area contributed by atoms with Crippen molar-refractivity contribution in [2.45, 2.75) is 27.2 Å². The molecule has 0 aliphatic heterocycles. The second-order valence-electron chi connectivity index (χ2n) is 3.89. The maximum atomic E-state index is 13.4. The van der Waals surface area contributed by atoms with E-state index in [2.05, 4.69) is 0 Å². The number of allylic oxidation sites excluding steroid dienone is 1. The molecule has 0 N–H and O–H groups in total. The second kappa shape index (κ2) is 6.18. The fraction of sp³-hybridized carbons (Fsp3) is 0.357. The van der Waals surface area contributed by atoms with E-state index in [1.54, 1.807) is 32.0 Å². The molecule has 0 unspecified atom stereocenters. The van der Waals surface area contributed by atoms with Crippen LogP contribution in [0.4, 0.5) is 4.39 Å². The van der Waals surface area contributed by atoms with Gasteiger partial charge in [-0.3, -0.25) is 0 Å². The lowest BCUT2D eigenvalue weighted by atomic mass is 10.0. The highest BCUT2D eigenvalue weighted by molar-refractivity contribution is 5.88. The lowest BCUT2D eigenvalue weighted by Gasteiger charge is -2.08. The molecule has 0 aliphatic carbocycles. The smallest absolute Gasteiger partial charge is 0.333 e. The number of hydrogen-bond acceptors (Lipinski definition) is 2. The molecule has 0 aromatic heterocycles. The van der Waals surface area contributed by atoms with E-state index < -0.39 is 0 Å². The Labute approximate surface area is 101 Å². The zero-order chi connectivity index (χ0) is 12.8. The first kappa shape index (κ1) is 13.4. The van der Waals surface area contributed by atoms with Gasteiger partial charge in [0.05, 0.1) is 6.61 Å². The van der Waals surface area contributed by atoms with Gasteiger partial charge in [0.2, 0.25) is 0 Å². The summed E-state index contributed by atoms with van der Waals surface area (Å²) in [7, 11) is 0. The molecule has 0 fully saturated rings. The molecule has 1 rings (SSSR count). The van der Waals surface area contributed by atoms with Crippen molar-refractivity contribution in [1.82, 2.24) is 0 Å². The lowest BCUT2D eigenvalue weighted by molar-refractivity contribution is -0.138. The molecule has 0 saturated carbocycles. The van der Waals surface area contributed by atoms with Crippen molar-refractivity contribution in [2.75, 3.05) is 6.61 Å². The van der Waals surface area contributed by atoms with Crippen molar-refractivity contribution < 1.29 is 13.9 Å². The summed E-state index contributed by atoms with van der Waals surface area (Å²) in [5.74, 6) is -0.579. The van der Waals surface area contributed by atoms with Gasteiger partial charge in [0, 0.05) is 5.57 Å². The summed E-state index contributed by atoms with van der Waals surface area (Å²) in [6.07, 6.45) is 0.428. The average molecular weight is 236 g/mol. The van der Waals surface area contributed by atoms with Crippen LogP contribution in [-0.4, -0.2) is 12.6 Å². The molecule has 0 saturated heterocycles. The lowest BCUT2D eigenvalue weighted by Crippen LogP contribution is -2.08. The molecule has 2 nitrogen and oxygen atoms in total. The Kier molecular flexibility index (Phi) is 4.88. The van der Waals surface area contributed by atoms with Gasteiger partial charge in [-0.25, -0.2) is 9.18 Å². The summed E-state index contributed by atoms with van der Waals surface area (Å²) in [5, 5.41) is 0. The molecule has 1 aromatic carbocycles. The Morgan fingerprint density at radius 3 is 2.53 bits per heavy atom. The Hall–Kier alpha value is -1.64. The monoisotopic (exact) mass is 236 g/mol. The van der Waals surface area contributed by atoms with Crippen molar-refractivity contribution in [3.05, 3.63) is 46.8 Å². The molecule has 0 amide bonds. The van der Waals surface area contributed by atoms with Crippen molar-refractivity contribution in [3.8, 4) is 0 Å². The van der Waals surface area contributed by atoms with E-state index in [1.165, 1.54) is 6.07 Å². The summed E-state index contributed by atoms with van der Waals surface area (Å²) in [4.78, 5) is 11.5. The third-order valence-electron chi connectivity index (χ3n) is 2.64. The number of carbonyl (C=O) groups excluding carboxylic acids is 1. The highest BCUT2D eigenvalue weighted by Crippen LogP contribution is 2.15. The third-order valence-corrected chi connectivity index (χ3v) is 2.64. The number of benzene rings is 1. The number of esters is 1. The predicted octanol–water partition coefficient (Wildman–Crippen LogP) is 3.27. The summed E-state index contributed by atoms with van der Waals surface area (Å²) in [6.45, 7) is 5.63. The van der Waals surface area contributed by atoms with Crippen LogP contribution in [0.1, 0.15) is 26.3 Å². The van der Waals surface area contributed by atoms with Crippen LogP contribution in [-0.2, 0) is 16.0 Å². The Morgan fingerprint density at radius 2 is 1.94 bits per heavy atom. The number of carbonyl (C=O) groups is 1. The molecule has 3 heteroatoms. The van der Waals surface area contributed by atoms with Crippen molar-refractivity contribution in [1.29, 1.82) is 0 Å². The molecule has 0 radical (unpaired) electrons. The van der Waals surface area contributed by atoms with Gasteiger partial charge < -0.3 is 4.74 Å². The maximum Gasteiger partial charge on any atom is 0.333 e. The maximum absolute atomic E-state index is 13.4. The second-order valence-corrected chi connectivity index (χ2v) is 3.89. The zero-order valence-corrected chi connectivity index (χ0v) is 10.4. The highest BCUT2D eigenvalue weighted by atomic mass is 19.1. The van der Waals surface area contributed by atoms with Crippen molar-refractivity contribution >= 4 is 5.97 Å². The summed E-state index contributed by atoms with van der Waals surface area (Å²) in [6, 6.07) is 6.57. The zero-order valence-electron chi connectivity index (χ0n) is 10.4. The van der Waals surface area contributed by atoms with Crippen molar-refractivity contribution in [2.24, 2.45) is 0 Å². The SMILES string of the molecule is CCOC(=O)/C(C)=C(/C)Cc1ccccc1F. The molecule has 1 aromatic rings. The van der Waals surface area contributed by atoms with Gasteiger partial charge in [-0.1, -0.05) is 23.8 Å². The first-order valence-electron chi connectivity index (χ1n) is 5.63. The molecular weight excluding hydrogens is 219 g/mol.